The lowest BCUT2D eigenvalue weighted by Crippen LogP contribution is -2.12. The summed E-state index contributed by atoms with van der Waals surface area (Å²) >= 11 is 0. The van der Waals surface area contributed by atoms with Crippen LogP contribution < -0.4 is 0 Å². The minimum Gasteiger partial charge on any atom is -0.530 e. The average molecular weight is 158 g/mol. The van der Waals surface area contributed by atoms with Gasteiger partial charge in [-0.15, -0.1) is 0 Å². The van der Waals surface area contributed by atoms with Crippen LogP contribution in [0.3, 0.4) is 0 Å². The molecule has 0 atom stereocenters. The molecule has 2 rings (SSSR count). The van der Waals surface area contributed by atoms with Crippen LogP contribution in [0.1, 0.15) is 0 Å². The van der Waals surface area contributed by atoms with E-state index in [2.05, 4.69) is 4.99 Å². The van der Waals surface area contributed by atoms with Crippen molar-refractivity contribution in [2.75, 3.05) is 0 Å². The molecule has 0 spiro atoms. The largest absolute Gasteiger partial charge is 0.530 e. The first kappa shape index (κ1) is 7.09. The molecule has 57 valence electrons. The third-order valence-electron chi connectivity index (χ3n) is 1.59. The Labute approximate surface area is 70.4 Å². The Morgan fingerprint density at radius 2 is 2.42 bits per heavy atom. The van der Waals surface area contributed by atoms with Crippen molar-refractivity contribution in [3.05, 3.63) is 35.5 Å². The molecule has 2 aliphatic rings. The SMILES string of the molecule is O=C1O[B]C=CC=C2C=NC=C12. The summed E-state index contributed by atoms with van der Waals surface area (Å²) in [4.78, 5) is 15.0. The molecule has 0 saturated carbocycles. The lowest BCUT2D eigenvalue weighted by Gasteiger charge is -2.04. The molecular weight excluding hydrogens is 153 g/mol. The minimum atomic E-state index is -0.358. The maximum absolute atomic E-state index is 11.2. The van der Waals surface area contributed by atoms with Crippen molar-refractivity contribution in [3.8, 4) is 0 Å². The summed E-state index contributed by atoms with van der Waals surface area (Å²) in [6.45, 7) is 0. The van der Waals surface area contributed by atoms with Gasteiger partial charge < -0.3 is 4.65 Å². The Balaban J connectivity index is 2.40. The fourth-order valence-corrected chi connectivity index (χ4v) is 1.01. The van der Waals surface area contributed by atoms with Gasteiger partial charge in [0.25, 0.3) is 0 Å². The Hall–Kier alpha value is -1.58. The maximum atomic E-state index is 11.2. The smallest absolute Gasteiger partial charge is 0.405 e. The van der Waals surface area contributed by atoms with Gasteiger partial charge in [-0.3, -0.25) is 4.99 Å². The van der Waals surface area contributed by atoms with Gasteiger partial charge in [-0.25, -0.2) is 4.79 Å². The van der Waals surface area contributed by atoms with Crippen LogP contribution in [-0.2, 0) is 9.45 Å². The Bertz CT molecular complexity index is 339. The molecule has 0 aromatic carbocycles. The summed E-state index contributed by atoms with van der Waals surface area (Å²) in [6, 6.07) is 0. The highest BCUT2D eigenvalue weighted by Crippen LogP contribution is 2.16. The molecule has 2 aliphatic heterocycles. The van der Waals surface area contributed by atoms with E-state index in [9.17, 15) is 4.79 Å². The van der Waals surface area contributed by atoms with Gasteiger partial charge in [0.1, 0.15) is 0 Å². The minimum absolute atomic E-state index is 0.358. The molecule has 12 heavy (non-hydrogen) atoms. The van der Waals surface area contributed by atoms with E-state index in [1.54, 1.807) is 18.3 Å². The summed E-state index contributed by atoms with van der Waals surface area (Å²) in [5.74, 6) is 1.30. The van der Waals surface area contributed by atoms with E-state index in [4.69, 9.17) is 4.65 Å². The number of hydrogen-bond acceptors (Lipinski definition) is 3. The Morgan fingerprint density at radius 3 is 3.33 bits per heavy atom. The monoisotopic (exact) mass is 158 g/mol. The zero-order chi connectivity index (χ0) is 8.39. The maximum Gasteiger partial charge on any atom is 0.405 e. The van der Waals surface area contributed by atoms with Crippen molar-refractivity contribution in [2.24, 2.45) is 4.99 Å². The molecule has 1 radical (unpaired) electrons. The van der Waals surface area contributed by atoms with Gasteiger partial charge in [-0.2, -0.15) is 0 Å². The molecule has 0 N–H and O–H groups in total. The van der Waals surface area contributed by atoms with Gasteiger partial charge in [0.2, 0.25) is 0 Å². The van der Waals surface area contributed by atoms with Gasteiger partial charge in [0.15, 0.2) is 0 Å². The molecule has 0 unspecified atom stereocenters. The molecule has 4 heteroatoms. The van der Waals surface area contributed by atoms with E-state index in [0.29, 0.717) is 5.57 Å². The number of fused-ring (bicyclic) bond motifs is 1. The van der Waals surface area contributed by atoms with Gasteiger partial charge in [0, 0.05) is 18.0 Å². The second-order valence-corrected chi connectivity index (χ2v) is 2.37. The third-order valence-corrected chi connectivity index (χ3v) is 1.59. The van der Waals surface area contributed by atoms with E-state index in [1.165, 1.54) is 13.7 Å². The molecule has 0 aromatic heterocycles. The number of nitrogens with zero attached hydrogens (tertiary/aromatic N) is 1. The fourth-order valence-electron chi connectivity index (χ4n) is 1.01. The van der Waals surface area contributed by atoms with Crippen molar-refractivity contribution >= 4 is 19.7 Å². The molecule has 3 nitrogen and oxygen atoms in total. The number of allylic oxidation sites excluding steroid dienone is 2. The van der Waals surface area contributed by atoms with E-state index >= 15 is 0 Å². The van der Waals surface area contributed by atoms with E-state index in [0.717, 1.165) is 5.57 Å². The Morgan fingerprint density at radius 1 is 1.50 bits per heavy atom. The number of rotatable bonds is 0. The van der Waals surface area contributed by atoms with Crippen LogP contribution in [0.5, 0.6) is 0 Å². The standard InChI is InChI=1S/C8H5BNO2/c11-8-7-5-10-4-6(7)2-1-3-9-12-8/h1-5H. The average Bonchev–Trinajstić information content (AvgIpc) is 2.47. The van der Waals surface area contributed by atoms with Crippen LogP contribution in [0.15, 0.2) is 40.5 Å². The fraction of sp³-hybridized carbons (Fsp3) is 0. The molecule has 0 amide bonds. The molecule has 2 heterocycles. The van der Waals surface area contributed by atoms with Crippen molar-refractivity contribution < 1.29 is 9.45 Å². The van der Waals surface area contributed by atoms with E-state index < -0.39 is 0 Å². The second kappa shape index (κ2) is 2.81. The number of carbonyl (C=O) groups excluding carboxylic acids is 1. The van der Waals surface area contributed by atoms with E-state index in [1.807, 2.05) is 6.08 Å². The van der Waals surface area contributed by atoms with E-state index in [-0.39, 0.29) is 5.97 Å². The van der Waals surface area contributed by atoms with Crippen LogP contribution >= 0.6 is 0 Å². The second-order valence-electron chi connectivity index (χ2n) is 2.37. The number of aliphatic imine (C=N–C) groups is 1. The van der Waals surface area contributed by atoms with Crippen LogP contribution in [-0.4, -0.2) is 19.7 Å². The topological polar surface area (TPSA) is 38.7 Å². The lowest BCUT2D eigenvalue weighted by atomic mass is 9.97. The predicted molar refractivity (Wildman–Crippen MR) is 45.6 cm³/mol. The molecule has 0 saturated heterocycles. The summed E-state index contributed by atoms with van der Waals surface area (Å²) < 4.78 is 4.76. The number of hydrogen-bond donors (Lipinski definition) is 0. The highest BCUT2D eigenvalue weighted by atomic mass is 16.5. The zero-order valence-corrected chi connectivity index (χ0v) is 6.23. The Kier molecular flexibility index (Phi) is 1.66. The van der Waals surface area contributed by atoms with Crippen molar-refractivity contribution in [1.29, 1.82) is 0 Å². The highest BCUT2D eigenvalue weighted by Gasteiger charge is 2.18. The van der Waals surface area contributed by atoms with Crippen LogP contribution in [0, 0.1) is 0 Å². The summed E-state index contributed by atoms with van der Waals surface area (Å²) in [5, 5.41) is 0. The molecular formula is C8H5BNO2. The van der Waals surface area contributed by atoms with Crippen molar-refractivity contribution in [2.45, 2.75) is 0 Å². The van der Waals surface area contributed by atoms with Gasteiger partial charge in [-0.1, -0.05) is 18.1 Å². The van der Waals surface area contributed by atoms with Crippen molar-refractivity contribution in [3.63, 3.8) is 0 Å². The zero-order valence-electron chi connectivity index (χ0n) is 6.23. The number of carbonyl (C=O) groups is 1. The van der Waals surface area contributed by atoms with Crippen LogP contribution in [0.4, 0.5) is 0 Å². The molecule has 0 bridgehead atoms. The first-order chi connectivity index (χ1) is 5.88. The van der Waals surface area contributed by atoms with Crippen LogP contribution in [0.2, 0.25) is 0 Å². The van der Waals surface area contributed by atoms with Gasteiger partial charge in [-0.05, 0) is 0 Å². The third kappa shape index (κ3) is 1.11. The lowest BCUT2D eigenvalue weighted by molar-refractivity contribution is -0.129. The first-order valence-corrected chi connectivity index (χ1v) is 3.53. The molecule has 0 aromatic rings. The van der Waals surface area contributed by atoms with Gasteiger partial charge >= 0.3 is 13.5 Å². The molecule has 0 fully saturated rings. The van der Waals surface area contributed by atoms with Gasteiger partial charge in [0.05, 0.1) is 5.57 Å². The summed E-state index contributed by atoms with van der Waals surface area (Å²) in [6.07, 6.45) is 6.75. The van der Waals surface area contributed by atoms with Crippen molar-refractivity contribution in [1.82, 2.24) is 0 Å². The van der Waals surface area contributed by atoms with Crippen LogP contribution in [0.25, 0.3) is 0 Å². The molecule has 0 aliphatic carbocycles. The predicted octanol–water partition coefficient (Wildman–Crippen LogP) is 0.571. The normalized spacial score (nSPS) is 19.8. The highest BCUT2D eigenvalue weighted by molar-refractivity contribution is 6.38. The summed E-state index contributed by atoms with van der Waals surface area (Å²) in [5.41, 5.74) is 1.31. The quantitative estimate of drug-likeness (QED) is 0.483. The first-order valence-electron chi connectivity index (χ1n) is 3.53. The summed E-state index contributed by atoms with van der Waals surface area (Å²) in [7, 11) is 1.36.